The van der Waals surface area contributed by atoms with Gasteiger partial charge < -0.3 is 15.4 Å². The average molecular weight is 333 g/mol. The zero-order valence-corrected chi connectivity index (χ0v) is 14.5. The fraction of sp³-hybridized carbons (Fsp3) is 0.632. The lowest BCUT2D eigenvalue weighted by atomic mass is 9.96. The van der Waals surface area contributed by atoms with Gasteiger partial charge in [0.2, 0.25) is 0 Å². The number of ether oxygens (including phenoxy) is 1. The maximum atomic E-state index is 13.5. The number of nitrogens with zero attached hydrogens (tertiary/aromatic N) is 1. The number of hydrogen-bond donors (Lipinski definition) is 2. The molecule has 0 heterocycles. The van der Waals surface area contributed by atoms with Crippen molar-refractivity contribution in [2.24, 2.45) is 10.9 Å². The molecule has 0 radical (unpaired) electrons. The second-order valence-corrected chi connectivity index (χ2v) is 6.93. The first kappa shape index (κ1) is 17.2. The van der Waals surface area contributed by atoms with Crippen molar-refractivity contribution in [1.29, 1.82) is 0 Å². The maximum absolute atomic E-state index is 13.5. The summed E-state index contributed by atoms with van der Waals surface area (Å²) in [6.45, 7) is 5.91. The predicted molar refractivity (Wildman–Crippen MR) is 94.8 cm³/mol. The molecule has 0 aromatic heterocycles. The first-order valence-corrected chi connectivity index (χ1v) is 9.08. The van der Waals surface area contributed by atoms with Crippen LogP contribution in [0, 0.1) is 11.7 Å². The Morgan fingerprint density at radius 2 is 2.17 bits per heavy atom. The summed E-state index contributed by atoms with van der Waals surface area (Å²) < 4.78 is 19.1. The Bertz CT molecular complexity index is 567. The van der Waals surface area contributed by atoms with Gasteiger partial charge in [0.25, 0.3) is 0 Å². The third-order valence-corrected chi connectivity index (χ3v) is 4.76. The van der Waals surface area contributed by atoms with Crippen LogP contribution in [0.5, 0.6) is 0 Å². The van der Waals surface area contributed by atoms with Crippen LogP contribution >= 0.6 is 0 Å². The number of nitrogens with one attached hydrogen (secondary N) is 2. The summed E-state index contributed by atoms with van der Waals surface area (Å²) in [4.78, 5) is 4.72. The standard InChI is InChI=1S/C19H28FN3O/c1-2-21-18(22-10-11-24-13-15-6-7-15)23-14-19(8-9-19)16-4-3-5-17(20)12-16/h3-5,12,15H,2,6-11,13-14H2,1H3,(H2,21,22,23). The molecule has 2 aliphatic carbocycles. The Kier molecular flexibility index (Phi) is 5.72. The van der Waals surface area contributed by atoms with Crippen LogP contribution in [0.3, 0.4) is 0 Å². The van der Waals surface area contributed by atoms with Gasteiger partial charge in [-0.05, 0) is 56.2 Å². The second kappa shape index (κ2) is 7.97. The van der Waals surface area contributed by atoms with Crippen LogP contribution in [-0.4, -0.2) is 38.8 Å². The number of benzene rings is 1. The van der Waals surface area contributed by atoms with Gasteiger partial charge in [-0.2, -0.15) is 0 Å². The summed E-state index contributed by atoms with van der Waals surface area (Å²) in [5, 5.41) is 6.58. The smallest absolute Gasteiger partial charge is 0.191 e. The highest BCUT2D eigenvalue weighted by Gasteiger charge is 2.44. The van der Waals surface area contributed by atoms with E-state index in [1.807, 2.05) is 6.07 Å². The van der Waals surface area contributed by atoms with E-state index in [1.165, 1.54) is 18.9 Å². The summed E-state index contributed by atoms with van der Waals surface area (Å²) in [6.07, 6.45) is 4.78. The number of guanidine groups is 1. The average Bonchev–Trinajstić information content (AvgIpc) is 3.47. The van der Waals surface area contributed by atoms with E-state index in [9.17, 15) is 4.39 Å². The Balaban J connectivity index is 1.49. The first-order chi connectivity index (χ1) is 11.7. The van der Waals surface area contributed by atoms with Crippen LogP contribution in [0.2, 0.25) is 0 Å². The van der Waals surface area contributed by atoms with Crippen molar-refractivity contribution in [3.05, 3.63) is 35.6 Å². The Morgan fingerprint density at radius 1 is 1.33 bits per heavy atom. The van der Waals surface area contributed by atoms with Crippen LogP contribution in [0.1, 0.15) is 38.2 Å². The number of rotatable bonds is 9. The molecule has 0 atom stereocenters. The molecular formula is C19H28FN3O. The highest BCUT2D eigenvalue weighted by Crippen LogP contribution is 2.48. The van der Waals surface area contributed by atoms with Crippen molar-refractivity contribution < 1.29 is 9.13 Å². The monoisotopic (exact) mass is 333 g/mol. The van der Waals surface area contributed by atoms with Crippen molar-refractivity contribution in [2.45, 2.75) is 38.0 Å². The van der Waals surface area contributed by atoms with Gasteiger partial charge in [0.15, 0.2) is 5.96 Å². The zero-order chi connectivity index (χ0) is 16.8. The van der Waals surface area contributed by atoms with Gasteiger partial charge in [0.1, 0.15) is 5.82 Å². The van der Waals surface area contributed by atoms with E-state index >= 15 is 0 Å². The minimum atomic E-state index is -0.166. The Hall–Kier alpha value is -1.62. The summed E-state index contributed by atoms with van der Waals surface area (Å²) in [5.74, 6) is 1.45. The molecule has 4 nitrogen and oxygen atoms in total. The lowest BCUT2D eigenvalue weighted by Gasteiger charge is -2.16. The molecule has 24 heavy (non-hydrogen) atoms. The van der Waals surface area contributed by atoms with Crippen LogP contribution in [-0.2, 0) is 10.2 Å². The minimum absolute atomic E-state index is 0.0208. The topological polar surface area (TPSA) is 45.7 Å². The van der Waals surface area contributed by atoms with Crippen LogP contribution < -0.4 is 10.6 Å². The van der Waals surface area contributed by atoms with Crippen molar-refractivity contribution in [2.75, 3.05) is 32.8 Å². The third kappa shape index (κ3) is 4.94. The highest BCUT2D eigenvalue weighted by atomic mass is 19.1. The normalized spacial score (nSPS) is 19.2. The fourth-order valence-electron chi connectivity index (χ4n) is 2.86. The molecule has 0 saturated heterocycles. The van der Waals surface area contributed by atoms with Gasteiger partial charge >= 0.3 is 0 Å². The van der Waals surface area contributed by atoms with Crippen LogP contribution in [0.4, 0.5) is 4.39 Å². The Labute approximate surface area is 143 Å². The van der Waals surface area contributed by atoms with Crippen LogP contribution in [0.25, 0.3) is 0 Å². The van der Waals surface area contributed by atoms with Gasteiger partial charge in [-0.15, -0.1) is 0 Å². The van der Waals surface area contributed by atoms with Crippen LogP contribution in [0.15, 0.2) is 29.3 Å². The van der Waals surface area contributed by atoms with E-state index in [0.717, 1.165) is 50.0 Å². The molecule has 5 heteroatoms. The molecule has 2 saturated carbocycles. The molecule has 2 N–H and O–H groups in total. The van der Waals surface area contributed by atoms with Crippen molar-refractivity contribution in [3.8, 4) is 0 Å². The largest absolute Gasteiger partial charge is 0.379 e. The van der Waals surface area contributed by atoms with E-state index in [1.54, 1.807) is 12.1 Å². The van der Waals surface area contributed by atoms with E-state index in [0.29, 0.717) is 13.2 Å². The van der Waals surface area contributed by atoms with E-state index in [-0.39, 0.29) is 11.2 Å². The molecule has 0 bridgehead atoms. The molecule has 3 rings (SSSR count). The maximum Gasteiger partial charge on any atom is 0.191 e. The molecule has 0 unspecified atom stereocenters. The predicted octanol–water partition coefficient (Wildman–Crippen LogP) is 2.84. The van der Waals surface area contributed by atoms with Gasteiger partial charge in [-0.25, -0.2) is 4.39 Å². The fourth-order valence-corrected chi connectivity index (χ4v) is 2.86. The van der Waals surface area contributed by atoms with E-state index in [4.69, 9.17) is 9.73 Å². The number of aliphatic imine (C=N–C) groups is 1. The molecule has 2 fully saturated rings. The van der Waals surface area contributed by atoms with Gasteiger partial charge in [-0.3, -0.25) is 4.99 Å². The third-order valence-electron chi connectivity index (χ3n) is 4.76. The molecular weight excluding hydrogens is 305 g/mol. The van der Waals surface area contributed by atoms with E-state index < -0.39 is 0 Å². The molecule has 1 aromatic carbocycles. The summed E-state index contributed by atoms with van der Waals surface area (Å²) in [5.41, 5.74) is 1.09. The molecule has 2 aliphatic rings. The molecule has 0 spiro atoms. The molecule has 132 valence electrons. The number of halogens is 1. The number of hydrogen-bond acceptors (Lipinski definition) is 2. The quantitative estimate of drug-likeness (QED) is 0.415. The summed E-state index contributed by atoms with van der Waals surface area (Å²) in [7, 11) is 0. The lowest BCUT2D eigenvalue weighted by molar-refractivity contribution is 0.129. The zero-order valence-electron chi connectivity index (χ0n) is 14.5. The lowest BCUT2D eigenvalue weighted by Crippen LogP contribution is -2.39. The molecule has 0 amide bonds. The van der Waals surface area contributed by atoms with Gasteiger partial charge in [0.05, 0.1) is 13.2 Å². The van der Waals surface area contributed by atoms with Crippen molar-refractivity contribution in [1.82, 2.24) is 10.6 Å². The highest BCUT2D eigenvalue weighted by molar-refractivity contribution is 5.79. The van der Waals surface area contributed by atoms with E-state index in [2.05, 4.69) is 17.6 Å². The second-order valence-electron chi connectivity index (χ2n) is 6.93. The molecule has 0 aliphatic heterocycles. The van der Waals surface area contributed by atoms with Crippen molar-refractivity contribution >= 4 is 5.96 Å². The van der Waals surface area contributed by atoms with Gasteiger partial charge in [-0.1, -0.05) is 12.1 Å². The molecule has 1 aromatic rings. The Morgan fingerprint density at radius 3 is 2.83 bits per heavy atom. The summed E-state index contributed by atoms with van der Waals surface area (Å²) >= 11 is 0. The summed E-state index contributed by atoms with van der Waals surface area (Å²) in [6, 6.07) is 6.94. The SMILES string of the molecule is CCNC(=NCC1(c2cccc(F)c2)CC1)NCCOCC1CC1. The van der Waals surface area contributed by atoms with Gasteiger partial charge in [0, 0.05) is 25.1 Å². The van der Waals surface area contributed by atoms with Crippen molar-refractivity contribution in [3.63, 3.8) is 0 Å². The minimum Gasteiger partial charge on any atom is -0.379 e. The first-order valence-electron chi connectivity index (χ1n) is 9.08.